The average molecular weight is 1320 g/mol. The Morgan fingerprint density at radius 2 is 0.827 bits per heavy atom. The number of pyridine rings is 3. The normalized spacial score (nSPS) is 14.2. The fourth-order valence-electron chi connectivity index (χ4n) is 13.4. The van der Waals surface area contributed by atoms with Gasteiger partial charge in [-0.1, -0.05) is 37.9 Å². The molecule has 0 unspecified atom stereocenters. The van der Waals surface area contributed by atoms with Crippen molar-refractivity contribution < 1.29 is 19.2 Å². The van der Waals surface area contributed by atoms with Gasteiger partial charge in [0.2, 0.25) is 23.6 Å². The lowest BCUT2D eigenvalue weighted by molar-refractivity contribution is -0.127. The fraction of sp³-hybridized carbons (Fsp3) is 0.282. The maximum absolute atomic E-state index is 13.8. The summed E-state index contributed by atoms with van der Waals surface area (Å²) in [6, 6.07) is 17.3. The zero-order chi connectivity index (χ0) is 69.5. The molecule has 3 aliphatic rings. The van der Waals surface area contributed by atoms with Crippen LogP contribution in [-0.2, 0) is 14.4 Å². The molecule has 0 bridgehead atoms. The van der Waals surface area contributed by atoms with Crippen LogP contribution in [0.1, 0.15) is 51.1 Å². The summed E-state index contributed by atoms with van der Waals surface area (Å²) in [7, 11) is 0. The van der Waals surface area contributed by atoms with Crippen LogP contribution in [-0.4, -0.2) is 180 Å². The lowest BCUT2D eigenvalue weighted by Crippen LogP contribution is -2.48. The lowest BCUT2D eigenvalue weighted by atomic mass is 10.1. The Morgan fingerprint density at radius 1 is 0.459 bits per heavy atom. The number of anilines is 4. The molecule has 11 heterocycles. The molecule has 14 rings (SSSR count). The molecule has 500 valence electrons. The monoisotopic (exact) mass is 1320 g/mol. The van der Waals surface area contributed by atoms with Gasteiger partial charge in [-0.3, -0.25) is 52.4 Å². The molecule has 3 amide bonds. The van der Waals surface area contributed by atoms with Crippen molar-refractivity contribution in [2.75, 3.05) is 99.0 Å². The summed E-state index contributed by atoms with van der Waals surface area (Å²) in [5.41, 5.74) is 16.9. The Balaban J connectivity index is 0.000000140. The van der Waals surface area contributed by atoms with Crippen molar-refractivity contribution in [3.8, 4) is 17.1 Å². The molecule has 3 aromatic carbocycles. The number of carbonyl (C=O) groups excluding carboxylic acids is 4. The van der Waals surface area contributed by atoms with E-state index in [9.17, 15) is 33.6 Å². The number of hydrogen-bond donors (Lipinski definition) is 2. The van der Waals surface area contributed by atoms with Crippen LogP contribution in [0.4, 0.5) is 23.1 Å². The number of hydrogen-bond acceptors (Lipinski definition) is 19. The highest BCUT2D eigenvalue weighted by molar-refractivity contribution is 5.98. The first-order valence-corrected chi connectivity index (χ1v) is 32.0. The van der Waals surface area contributed by atoms with E-state index in [1.807, 2.05) is 103 Å². The maximum Gasteiger partial charge on any atom is 0.282 e. The van der Waals surface area contributed by atoms with Gasteiger partial charge in [-0.2, -0.15) is 10.2 Å². The van der Waals surface area contributed by atoms with Gasteiger partial charge in [-0.15, -0.1) is 0 Å². The number of rotatable bonds is 9. The van der Waals surface area contributed by atoms with Gasteiger partial charge in [0.1, 0.15) is 53.0 Å². The van der Waals surface area contributed by atoms with Gasteiger partial charge in [0.15, 0.2) is 0 Å². The smallest absolute Gasteiger partial charge is 0.282 e. The summed E-state index contributed by atoms with van der Waals surface area (Å²) < 4.78 is 6.34. The van der Waals surface area contributed by atoms with Crippen molar-refractivity contribution in [3.05, 3.63) is 194 Å². The van der Waals surface area contributed by atoms with E-state index in [1.54, 1.807) is 40.8 Å². The van der Waals surface area contributed by atoms with Crippen molar-refractivity contribution in [1.29, 1.82) is 0 Å². The Bertz CT molecular complexity index is 5290. The zero-order valence-corrected chi connectivity index (χ0v) is 55.9. The molecule has 27 nitrogen and oxygen atoms in total. The minimum absolute atomic E-state index is 0.0697. The van der Waals surface area contributed by atoms with Crippen LogP contribution in [0.25, 0.3) is 71.6 Å². The summed E-state index contributed by atoms with van der Waals surface area (Å²) in [4.78, 5) is 127. The van der Waals surface area contributed by atoms with Crippen LogP contribution >= 0.6 is 0 Å². The summed E-state index contributed by atoms with van der Waals surface area (Å²) in [5, 5.41) is 15.0. The number of nitrogen functional groups attached to an aromatic ring is 1. The molecule has 0 atom stereocenters. The summed E-state index contributed by atoms with van der Waals surface area (Å²) in [5.74, 6) is 1.67. The third kappa shape index (κ3) is 11.9. The van der Waals surface area contributed by atoms with Gasteiger partial charge < -0.3 is 35.1 Å². The predicted molar refractivity (Wildman–Crippen MR) is 379 cm³/mol. The minimum atomic E-state index is -0.268. The molecule has 3 fully saturated rings. The van der Waals surface area contributed by atoms with Gasteiger partial charge in [-0.25, -0.2) is 34.6 Å². The number of amides is 3. The van der Waals surface area contributed by atoms with Gasteiger partial charge >= 0.3 is 0 Å². The Hall–Kier alpha value is -12.0. The van der Waals surface area contributed by atoms with E-state index >= 15 is 0 Å². The number of benzene rings is 3. The van der Waals surface area contributed by atoms with Crippen LogP contribution in [0.2, 0.25) is 0 Å². The van der Waals surface area contributed by atoms with Gasteiger partial charge in [0, 0.05) is 119 Å². The van der Waals surface area contributed by atoms with Crippen molar-refractivity contribution in [2.45, 2.75) is 55.4 Å². The maximum atomic E-state index is 13.8. The lowest BCUT2D eigenvalue weighted by Gasteiger charge is -2.35. The molecule has 3 saturated heterocycles. The fourth-order valence-corrected chi connectivity index (χ4v) is 13.4. The number of piperazine rings is 3. The first-order chi connectivity index (χ1) is 47.1. The number of nitrogens with two attached hydrogens (primary N) is 1. The van der Waals surface area contributed by atoms with E-state index in [1.165, 1.54) is 48.8 Å². The molecular weight excluding hydrogens is 1240 g/mol. The topological polar surface area (TPSA) is 304 Å². The molecular formula is C71H74N20O7. The largest absolute Gasteiger partial charge is 0.398 e. The molecule has 8 aromatic heterocycles. The minimum Gasteiger partial charge on any atom is -0.398 e. The Morgan fingerprint density at radius 3 is 1.22 bits per heavy atom. The van der Waals surface area contributed by atoms with Gasteiger partial charge in [-0.05, 0) is 125 Å². The van der Waals surface area contributed by atoms with Crippen molar-refractivity contribution in [1.82, 2.24) is 78.3 Å². The second-order valence-corrected chi connectivity index (χ2v) is 24.5. The molecule has 98 heavy (non-hydrogen) atoms. The molecule has 0 radical (unpaired) electrons. The molecule has 3 aliphatic heterocycles. The average Bonchev–Trinajstić information content (AvgIpc) is 1.09. The predicted octanol–water partition coefficient (Wildman–Crippen LogP) is 6.47. The highest BCUT2D eigenvalue weighted by atomic mass is 16.2. The highest BCUT2D eigenvalue weighted by Crippen LogP contribution is 2.33. The summed E-state index contributed by atoms with van der Waals surface area (Å²) >= 11 is 0. The van der Waals surface area contributed by atoms with E-state index in [4.69, 9.17) is 5.73 Å². The van der Waals surface area contributed by atoms with E-state index in [0.29, 0.717) is 157 Å². The first-order valence-electron chi connectivity index (χ1n) is 32.0. The molecule has 27 heteroatoms. The quantitative estimate of drug-likeness (QED) is 0.115. The number of aromatic amines is 1. The van der Waals surface area contributed by atoms with Crippen molar-refractivity contribution in [2.24, 2.45) is 0 Å². The second-order valence-electron chi connectivity index (χ2n) is 24.5. The molecule has 11 aromatic rings. The standard InChI is InChI=1S/C25H25N7O3.C23H23N7O2.C23H26N6O2/c1-5-21(34)29-8-10-30(11-9-29)24-18-12-16(3)31(25(35)22(18)26-14-27-24)23-15(2)6-7-20-19(23)13-28-32(20)17(4)33;1-4-19(31)28-7-9-29(10-8-28)22-16-11-15(3)30(23(32)20(16)24-13-25-22)21-14(2)5-6-18-17(21)12-26-27-18;1-5-19(30)27-8-10-28(11-9-27)22-17-12-15(3)29(23(31)20(17)25-13-26-22)21-14(2)6-7-18(24)16(21)4/h5-7,12-14H,1,8-11H2,2-4H3;4-6,11-13H,1,7-10H2,2-3H3,(H,26,27);5-7,12-13H,1,8-11,24H2,2-4H3. The molecule has 0 saturated carbocycles. The van der Waals surface area contributed by atoms with E-state index < -0.39 is 0 Å². The van der Waals surface area contributed by atoms with E-state index in [2.05, 4.69) is 79.6 Å². The molecule has 0 spiro atoms. The van der Waals surface area contributed by atoms with Crippen LogP contribution in [0.5, 0.6) is 0 Å². The van der Waals surface area contributed by atoms with E-state index in [-0.39, 0.29) is 40.3 Å². The van der Waals surface area contributed by atoms with Crippen molar-refractivity contribution in [3.63, 3.8) is 0 Å². The Labute approximate surface area is 562 Å². The highest BCUT2D eigenvalue weighted by Gasteiger charge is 2.29. The SMILES string of the molecule is C=CC(=O)N1CCN(c2ncnc3c(=O)n(-c4c(C)ccc(N)c4C)c(C)cc23)CC1.C=CC(=O)N1CCN(c2ncnc3c(=O)n(-c4c(C)ccc5[nH]ncc45)c(C)cc23)CC1.C=CC(=O)N1CCN(c2ncnc3c(=O)n(-c4c(C)ccc5c4cnn5C(C)=O)c(C)cc23)CC1. The van der Waals surface area contributed by atoms with Crippen molar-refractivity contribution >= 4 is 101 Å². The first kappa shape index (κ1) is 66.0. The molecule has 3 N–H and O–H groups in total. The van der Waals surface area contributed by atoms with Crippen LogP contribution < -0.4 is 37.1 Å². The number of aromatic nitrogens is 13. The number of nitrogens with one attached hydrogen (secondary N) is 1. The number of carbonyl (C=O) groups is 4. The molecule has 0 aliphatic carbocycles. The Kier molecular flexibility index (Phi) is 18.2. The number of aryl methyl sites for hydroxylation is 6. The number of H-pyrrole nitrogens is 1. The van der Waals surface area contributed by atoms with Crippen LogP contribution in [0.3, 0.4) is 0 Å². The van der Waals surface area contributed by atoms with E-state index in [0.717, 1.165) is 55.9 Å². The van der Waals surface area contributed by atoms with Gasteiger partial charge in [0.25, 0.3) is 16.7 Å². The number of fused-ring (bicyclic) bond motifs is 5. The zero-order valence-electron chi connectivity index (χ0n) is 55.9. The van der Waals surface area contributed by atoms with Gasteiger partial charge in [0.05, 0.1) is 56.6 Å². The van der Waals surface area contributed by atoms with Crippen LogP contribution in [0.15, 0.2) is 138 Å². The summed E-state index contributed by atoms with van der Waals surface area (Å²) in [6.07, 6.45) is 11.6. The third-order valence-electron chi connectivity index (χ3n) is 18.5. The third-order valence-corrected chi connectivity index (χ3v) is 18.5. The van der Waals surface area contributed by atoms with Crippen LogP contribution in [0, 0.1) is 48.5 Å². The second kappa shape index (κ2) is 27.0. The number of nitrogens with zero attached hydrogens (tertiary/aromatic N) is 18. The summed E-state index contributed by atoms with van der Waals surface area (Å²) in [6.45, 7) is 32.7.